The van der Waals surface area contributed by atoms with Crippen molar-refractivity contribution >= 4 is 16.8 Å². The molecular formula is C16H20N2O. The predicted octanol–water partition coefficient (Wildman–Crippen LogP) is 2.90. The summed E-state index contributed by atoms with van der Waals surface area (Å²) in [6.45, 7) is 4.76. The highest BCUT2D eigenvalue weighted by Crippen LogP contribution is 2.45. The molecule has 1 saturated carbocycles. The Kier molecular flexibility index (Phi) is 2.66. The van der Waals surface area contributed by atoms with Crippen molar-refractivity contribution in [2.45, 2.75) is 33.2 Å². The Labute approximate surface area is 113 Å². The Bertz CT molecular complexity index is 650. The van der Waals surface area contributed by atoms with Gasteiger partial charge < -0.3 is 9.88 Å². The molecule has 0 unspecified atom stereocenters. The van der Waals surface area contributed by atoms with Crippen LogP contribution in [0.5, 0.6) is 0 Å². The maximum Gasteiger partial charge on any atom is 0.226 e. The lowest BCUT2D eigenvalue weighted by Crippen LogP contribution is -2.29. The van der Waals surface area contributed by atoms with Crippen molar-refractivity contribution in [2.75, 3.05) is 0 Å². The summed E-state index contributed by atoms with van der Waals surface area (Å²) in [4.78, 5) is 11.9. The van der Waals surface area contributed by atoms with Crippen LogP contribution in [0.4, 0.5) is 0 Å². The van der Waals surface area contributed by atoms with Crippen LogP contribution in [0.25, 0.3) is 10.9 Å². The lowest BCUT2D eigenvalue weighted by molar-refractivity contribution is -0.125. The van der Waals surface area contributed by atoms with Crippen LogP contribution in [0.15, 0.2) is 24.3 Å². The number of aromatic nitrogens is 1. The second-order valence-electron chi connectivity index (χ2n) is 5.98. The number of rotatable bonds is 3. The van der Waals surface area contributed by atoms with E-state index in [4.69, 9.17) is 0 Å². The van der Waals surface area contributed by atoms with Gasteiger partial charge in [-0.15, -0.1) is 0 Å². The first kappa shape index (κ1) is 12.3. The van der Waals surface area contributed by atoms with Crippen molar-refractivity contribution in [2.24, 2.45) is 12.5 Å². The van der Waals surface area contributed by atoms with Gasteiger partial charge in [0, 0.05) is 35.6 Å². The van der Waals surface area contributed by atoms with Crippen LogP contribution in [0.3, 0.4) is 0 Å². The molecule has 3 heteroatoms. The van der Waals surface area contributed by atoms with E-state index in [1.807, 2.05) is 6.92 Å². The van der Waals surface area contributed by atoms with Crippen molar-refractivity contribution in [3.63, 3.8) is 0 Å². The second kappa shape index (κ2) is 4.12. The summed E-state index contributed by atoms with van der Waals surface area (Å²) in [5.41, 5.74) is 3.56. The van der Waals surface area contributed by atoms with Gasteiger partial charge in [0.1, 0.15) is 0 Å². The number of nitrogens with one attached hydrogen (secondary N) is 1. The third-order valence-electron chi connectivity index (χ3n) is 4.35. The molecular weight excluding hydrogens is 236 g/mol. The third kappa shape index (κ3) is 2.14. The summed E-state index contributed by atoms with van der Waals surface area (Å²) < 4.78 is 2.18. The average Bonchev–Trinajstić information content (AvgIpc) is 3.08. The molecule has 1 heterocycles. The Balaban J connectivity index is 1.76. The summed E-state index contributed by atoms with van der Waals surface area (Å²) in [5, 5.41) is 4.28. The third-order valence-corrected chi connectivity index (χ3v) is 4.35. The lowest BCUT2D eigenvalue weighted by Gasteiger charge is -2.10. The predicted molar refractivity (Wildman–Crippen MR) is 76.8 cm³/mol. The SMILES string of the molecule is Cc1cc2cc(CNC(=O)C3(C)CC3)ccc2n1C. The van der Waals surface area contributed by atoms with Gasteiger partial charge in [-0.05, 0) is 43.5 Å². The molecule has 0 aliphatic heterocycles. The molecule has 19 heavy (non-hydrogen) atoms. The molecule has 2 aromatic rings. The van der Waals surface area contributed by atoms with E-state index in [2.05, 4.69) is 48.1 Å². The minimum absolute atomic E-state index is 0.0898. The van der Waals surface area contributed by atoms with Gasteiger partial charge in [-0.2, -0.15) is 0 Å². The standard InChI is InChI=1S/C16H20N2O/c1-11-8-13-9-12(4-5-14(13)18(11)3)10-17-15(19)16(2)6-7-16/h4-5,8-9H,6-7,10H2,1-3H3,(H,17,19). The van der Waals surface area contributed by atoms with Gasteiger partial charge in [-0.25, -0.2) is 0 Å². The monoisotopic (exact) mass is 256 g/mol. The van der Waals surface area contributed by atoms with E-state index in [-0.39, 0.29) is 11.3 Å². The highest BCUT2D eigenvalue weighted by atomic mass is 16.2. The summed E-state index contributed by atoms with van der Waals surface area (Å²) in [5.74, 6) is 0.192. The van der Waals surface area contributed by atoms with Gasteiger partial charge in [-0.3, -0.25) is 4.79 Å². The first-order valence-electron chi connectivity index (χ1n) is 6.83. The molecule has 0 saturated heterocycles. The van der Waals surface area contributed by atoms with Crippen LogP contribution < -0.4 is 5.32 Å². The summed E-state index contributed by atoms with van der Waals surface area (Å²) in [6, 6.07) is 8.57. The maximum absolute atomic E-state index is 11.9. The van der Waals surface area contributed by atoms with Gasteiger partial charge in [0.05, 0.1) is 0 Å². The van der Waals surface area contributed by atoms with Crippen LogP contribution in [0.1, 0.15) is 31.0 Å². The van der Waals surface area contributed by atoms with Crippen molar-refractivity contribution in [1.82, 2.24) is 9.88 Å². The normalized spacial score (nSPS) is 16.6. The van der Waals surface area contributed by atoms with E-state index in [1.54, 1.807) is 0 Å². The number of nitrogens with zero attached hydrogens (tertiary/aromatic N) is 1. The number of aryl methyl sites for hydroxylation is 2. The van der Waals surface area contributed by atoms with Gasteiger partial charge in [-0.1, -0.05) is 13.0 Å². The fraction of sp³-hybridized carbons (Fsp3) is 0.438. The number of hydrogen-bond acceptors (Lipinski definition) is 1. The number of carbonyl (C=O) groups excluding carboxylic acids is 1. The van der Waals surface area contributed by atoms with Crippen LogP contribution in [0.2, 0.25) is 0 Å². The fourth-order valence-electron chi connectivity index (χ4n) is 2.46. The summed E-state index contributed by atoms with van der Waals surface area (Å²) >= 11 is 0. The zero-order valence-corrected chi connectivity index (χ0v) is 11.8. The molecule has 1 N–H and O–H groups in total. The quantitative estimate of drug-likeness (QED) is 0.900. The van der Waals surface area contributed by atoms with Crippen LogP contribution in [-0.2, 0) is 18.4 Å². The zero-order chi connectivity index (χ0) is 13.6. The lowest BCUT2D eigenvalue weighted by atomic mass is 10.1. The van der Waals surface area contributed by atoms with E-state index in [9.17, 15) is 4.79 Å². The molecule has 100 valence electrons. The first-order chi connectivity index (χ1) is 8.99. The Morgan fingerprint density at radius 2 is 2.11 bits per heavy atom. The van der Waals surface area contributed by atoms with Gasteiger partial charge >= 0.3 is 0 Å². The summed E-state index contributed by atoms with van der Waals surface area (Å²) in [6.07, 6.45) is 2.05. The molecule has 1 aliphatic rings. The number of carbonyl (C=O) groups is 1. The van der Waals surface area contributed by atoms with Crippen molar-refractivity contribution in [1.29, 1.82) is 0 Å². The Hall–Kier alpha value is -1.77. The van der Waals surface area contributed by atoms with Gasteiger partial charge in [0.25, 0.3) is 0 Å². The zero-order valence-electron chi connectivity index (χ0n) is 11.8. The highest BCUT2D eigenvalue weighted by molar-refractivity contribution is 5.85. The topological polar surface area (TPSA) is 34.0 Å². The molecule has 0 bridgehead atoms. The highest BCUT2D eigenvalue weighted by Gasteiger charge is 2.44. The molecule has 1 amide bonds. The minimum Gasteiger partial charge on any atom is -0.352 e. The van der Waals surface area contributed by atoms with E-state index >= 15 is 0 Å². The van der Waals surface area contributed by atoms with Crippen LogP contribution >= 0.6 is 0 Å². The molecule has 3 rings (SSSR count). The molecule has 1 aromatic carbocycles. The molecule has 0 atom stereocenters. The smallest absolute Gasteiger partial charge is 0.226 e. The van der Waals surface area contributed by atoms with Crippen molar-refractivity contribution < 1.29 is 4.79 Å². The number of benzene rings is 1. The fourth-order valence-corrected chi connectivity index (χ4v) is 2.46. The maximum atomic E-state index is 11.9. The number of hydrogen-bond donors (Lipinski definition) is 1. The Morgan fingerprint density at radius 3 is 2.79 bits per heavy atom. The van der Waals surface area contributed by atoms with Crippen molar-refractivity contribution in [3.8, 4) is 0 Å². The van der Waals surface area contributed by atoms with Gasteiger partial charge in [0.2, 0.25) is 5.91 Å². The largest absolute Gasteiger partial charge is 0.352 e. The van der Waals surface area contributed by atoms with Crippen molar-refractivity contribution in [3.05, 3.63) is 35.5 Å². The average molecular weight is 256 g/mol. The first-order valence-corrected chi connectivity index (χ1v) is 6.83. The molecule has 0 radical (unpaired) electrons. The number of fused-ring (bicyclic) bond motifs is 1. The minimum atomic E-state index is -0.0898. The van der Waals surface area contributed by atoms with E-state index in [0.29, 0.717) is 6.54 Å². The van der Waals surface area contributed by atoms with E-state index < -0.39 is 0 Å². The van der Waals surface area contributed by atoms with E-state index in [1.165, 1.54) is 16.6 Å². The summed E-state index contributed by atoms with van der Waals surface area (Å²) in [7, 11) is 2.08. The molecule has 3 nitrogen and oxygen atoms in total. The van der Waals surface area contributed by atoms with Gasteiger partial charge in [0.15, 0.2) is 0 Å². The van der Waals surface area contributed by atoms with E-state index in [0.717, 1.165) is 18.4 Å². The van der Waals surface area contributed by atoms with Crippen LogP contribution in [-0.4, -0.2) is 10.5 Å². The van der Waals surface area contributed by atoms with Crippen LogP contribution in [0, 0.1) is 12.3 Å². The molecule has 1 aliphatic carbocycles. The molecule has 0 spiro atoms. The molecule has 1 aromatic heterocycles. The second-order valence-corrected chi connectivity index (χ2v) is 5.98. The molecule has 1 fully saturated rings. The Morgan fingerprint density at radius 1 is 1.37 bits per heavy atom. The number of amides is 1.